The van der Waals surface area contributed by atoms with E-state index < -0.39 is 18.0 Å². The van der Waals surface area contributed by atoms with E-state index in [1.807, 2.05) is 23.9 Å². The van der Waals surface area contributed by atoms with E-state index in [0.29, 0.717) is 29.1 Å². The molecule has 0 radical (unpaired) electrons. The smallest absolute Gasteiger partial charge is 0.406 e. The summed E-state index contributed by atoms with van der Waals surface area (Å²) in [5.74, 6) is -0.856. The summed E-state index contributed by atoms with van der Waals surface area (Å²) in [5, 5.41) is 23.9. The molecule has 0 saturated carbocycles. The number of carbonyl (C=O) groups is 3. The van der Waals surface area contributed by atoms with Crippen LogP contribution in [0.25, 0.3) is 10.9 Å². The zero-order valence-electron chi connectivity index (χ0n) is 24.5. The lowest BCUT2D eigenvalue weighted by atomic mass is 10.1. The van der Waals surface area contributed by atoms with Crippen molar-refractivity contribution in [1.29, 1.82) is 0 Å². The van der Waals surface area contributed by atoms with Crippen LogP contribution in [-0.2, 0) is 42.3 Å². The van der Waals surface area contributed by atoms with Crippen LogP contribution >= 0.6 is 11.3 Å². The average molecular weight is 652 g/mol. The number of unbranched alkanes of at least 4 members (excludes halogenated alkanes) is 1. The predicted octanol–water partition coefficient (Wildman–Crippen LogP) is 5.46. The molecule has 11 nitrogen and oxygen atoms in total. The van der Waals surface area contributed by atoms with Crippen LogP contribution in [0.1, 0.15) is 45.0 Å². The van der Waals surface area contributed by atoms with Gasteiger partial charge in [0.05, 0.1) is 18.5 Å². The van der Waals surface area contributed by atoms with Crippen LogP contribution in [0, 0.1) is 0 Å². The molecule has 15 heteroatoms. The Balaban J connectivity index is 1.03. The number of anilines is 2. The van der Waals surface area contributed by atoms with Crippen molar-refractivity contribution >= 4 is 51.3 Å². The molecule has 0 saturated heterocycles. The molecule has 0 aliphatic carbocycles. The number of alkyl halides is 3. The van der Waals surface area contributed by atoms with Crippen molar-refractivity contribution in [2.45, 2.75) is 44.9 Å². The van der Waals surface area contributed by atoms with Gasteiger partial charge in [-0.15, -0.1) is 28.5 Å². The molecule has 0 spiro atoms. The number of ether oxygens (including phenoxy) is 1. The van der Waals surface area contributed by atoms with Gasteiger partial charge < -0.3 is 19.9 Å². The Hall–Kier alpha value is -5.18. The summed E-state index contributed by atoms with van der Waals surface area (Å²) in [6, 6.07) is 13.9. The second kappa shape index (κ2) is 14.3. The van der Waals surface area contributed by atoms with E-state index >= 15 is 0 Å². The zero-order valence-corrected chi connectivity index (χ0v) is 25.3. The maximum Gasteiger partial charge on any atom is 0.573 e. The third kappa shape index (κ3) is 8.94. The molecule has 0 fully saturated rings. The minimum absolute atomic E-state index is 0.132. The lowest BCUT2D eigenvalue weighted by Crippen LogP contribution is -2.18. The number of hydrogen-bond donors (Lipinski definition) is 2. The van der Waals surface area contributed by atoms with Crippen LogP contribution in [0.4, 0.5) is 24.1 Å². The third-order valence-electron chi connectivity index (χ3n) is 6.85. The van der Waals surface area contributed by atoms with Crippen molar-refractivity contribution in [1.82, 2.24) is 25.0 Å². The van der Waals surface area contributed by atoms with Gasteiger partial charge in [0, 0.05) is 36.1 Å². The molecule has 0 unspecified atom stereocenters. The van der Waals surface area contributed by atoms with E-state index in [2.05, 4.69) is 35.8 Å². The fourth-order valence-corrected chi connectivity index (χ4v) is 5.61. The maximum absolute atomic E-state index is 12.7. The first-order valence-corrected chi connectivity index (χ1v) is 15.0. The van der Waals surface area contributed by atoms with Crippen LogP contribution in [0.3, 0.4) is 0 Å². The summed E-state index contributed by atoms with van der Waals surface area (Å²) < 4.78 is 43.1. The van der Waals surface area contributed by atoms with Gasteiger partial charge in [0.15, 0.2) is 5.82 Å². The Labute approximate surface area is 264 Å². The molecule has 2 amide bonds. The van der Waals surface area contributed by atoms with Crippen molar-refractivity contribution < 1.29 is 32.3 Å². The molecule has 3 heterocycles. The number of aldehydes is 1. The van der Waals surface area contributed by atoms with Gasteiger partial charge >= 0.3 is 6.36 Å². The lowest BCUT2D eigenvalue weighted by Gasteiger charge is -2.10. The van der Waals surface area contributed by atoms with E-state index in [9.17, 15) is 27.6 Å². The predicted molar refractivity (Wildman–Crippen MR) is 165 cm³/mol. The molecule has 0 atom stereocenters. The zero-order chi connectivity index (χ0) is 32.7. The minimum Gasteiger partial charge on any atom is -0.406 e. The molecule has 46 heavy (non-hydrogen) atoms. The molecule has 3 aromatic heterocycles. The molecule has 5 aromatic rings. The Bertz CT molecular complexity index is 1860. The van der Waals surface area contributed by atoms with Crippen LogP contribution in [0.2, 0.25) is 0 Å². The fourth-order valence-electron chi connectivity index (χ4n) is 4.81. The van der Waals surface area contributed by atoms with Gasteiger partial charge in [0.25, 0.3) is 0 Å². The number of hydrogen-bond acceptors (Lipinski definition) is 9. The number of fused-ring (bicyclic) bond motifs is 1. The first-order chi connectivity index (χ1) is 22.0. The fraction of sp³-hybridized carbons (Fsp3) is 0.258. The molecule has 2 aromatic carbocycles. The van der Waals surface area contributed by atoms with Crippen LogP contribution < -0.4 is 15.4 Å². The van der Waals surface area contributed by atoms with Crippen molar-refractivity contribution in [3.05, 3.63) is 88.2 Å². The highest BCUT2D eigenvalue weighted by molar-refractivity contribution is 7.15. The van der Waals surface area contributed by atoms with Gasteiger partial charge in [-0.05, 0) is 72.9 Å². The summed E-state index contributed by atoms with van der Waals surface area (Å²) in [7, 11) is 1.89. The van der Waals surface area contributed by atoms with E-state index in [1.54, 1.807) is 24.3 Å². The number of benzene rings is 2. The van der Waals surface area contributed by atoms with Gasteiger partial charge in [0.1, 0.15) is 17.0 Å². The molecule has 0 aliphatic heterocycles. The van der Waals surface area contributed by atoms with Crippen molar-refractivity contribution in [3.8, 4) is 5.75 Å². The molecule has 2 N–H and O–H groups in total. The van der Waals surface area contributed by atoms with Crippen molar-refractivity contribution in [3.63, 3.8) is 0 Å². The molecular formula is C31H28F3N7O4S. The first-order valence-electron chi connectivity index (χ1n) is 14.2. The lowest BCUT2D eigenvalue weighted by molar-refractivity contribution is -0.274. The molecule has 0 aliphatic rings. The Morgan fingerprint density at radius 3 is 2.50 bits per heavy atom. The highest BCUT2D eigenvalue weighted by Crippen LogP contribution is 2.25. The first kappa shape index (κ1) is 32.2. The number of amides is 2. The number of carbonyl (C=O) groups excluding carboxylic acids is 3. The summed E-state index contributed by atoms with van der Waals surface area (Å²) in [5.41, 5.74) is 3.37. The monoisotopic (exact) mass is 651 g/mol. The topological polar surface area (TPSA) is 141 Å². The second-order valence-corrected chi connectivity index (χ2v) is 11.5. The molecular weight excluding hydrogens is 623 g/mol. The number of aryl methyl sites for hydroxylation is 3. The standard InChI is InChI=1S/C31H28F3N7O4S/c1-41-17-21(24-14-20(18-42)9-11-25(24)41)16-28(44)36-30-40-39-29(46-30)8-3-2-6-22-10-12-26(38-37-22)35-27(43)15-19-5-4-7-23(13-19)45-31(32,33)34/h4-5,7,9-14,17-18H,2-3,6,8,15-16H2,1H3,(H,35,38,43)(H,36,40,44). The maximum atomic E-state index is 12.7. The Morgan fingerprint density at radius 1 is 0.935 bits per heavy atom. The Kier molecular flexibility index (Phi) is 10.0. The normalized spacial score (nSPS) is 11.4. The van der Waals surface area contributed by atoms with Crippen LogP contribution in [-0.4, -0.2) is 49.4 Å². The highest BCUT2D eigenvalue weighted by Gasteiger charge is 2.31. The van der Waals surface area contributed by atoms with Crippen LogP contribution in [0.5, 0.6) is 5.75 Å². The summed E-state index contributed by atoms with van der Waals surface area (Å²) in [6.45, 7) is 0. The SMILES string of the molecule is Cn1cc(CC(=O)Nc2nnc(CCCCc3ccc(NC(=O)Cc4cccc(OC(F)(F)F)c4)nn3)s2)c2cc(C=O)ccc21. The summed E-state index contributed by atoms with van der Waals surface area (Å²) in [4.78, 5) is 36.2. The van der Waals surface area contributed by atoms with E-state index in [1.165, 1.54) is 23.5 Å². The van der Waals surface area contributed by atoms with Gasteiger partial charge in [-0.3, -0.25) is 14.4 Å². The average Bonchev–Trinajstić information content (AvgIpc) is 3.58. The quantitative estimate of drug-likeness (QED) is 0.126. The number of aromatic nitrogens is 5. The number of halogens is 3. The van der Waals surface area contributed by atoms with Gasteiger partial charge in [-0.2, -0.15) is 5.10 Å². The van der Waals surface area contributed by atoms with Gasteiger partial charge in [-0.25, -0.2) is 0 Å². The summed E-state index contributed by atoms with van der Waals surface area (Å²) in [6.07, 6.45) is 0.718. The Morgan fingerprint density at radius 2 is 1.74 bits per heavy atom. The molecule has 238 valence electrons. The minimum atomic E-state index is -4.82. The summed E-state index contributed by atoms with van der Waals surface area (Å²) >= 11 is 1.31. The molecule has 5 rings (SSSR count). The van der Waals surface area contributed by atoms with E-state index in [4.69, 9.17) is 0 Å². The van der Waals surface area contributed by atoms with Crippen molar-refractivity contribution in [2.24, 2.45) is 7.05 Å². The van der Waals surface area contributed by atoms with Crippen molar-refractivity contribution in [2.75, 3.05) is 10.6 Å². The largest absolute Gasteiger partial charge is 0.573 e. The van der Waals surface area contributed by atoms with Gasteiger partial charge in [-0.1, -0.05) is 23.5 Å². The van der Waals surface area contributed by atoms with E-state index in [0.717, 1.165) is 58.4 Å². The highest BCUT2D eigenvalue weighted by atomic mass is 32.1. The third-order valence-corrected chi connectivity index (χ3v) is 7.75. The van der Waals surface area contributed by atoms with E-state index in [-0.39, 0.29) is 24.6 Å². The molecule has 0 bridgehead atoms. The second-order valence-electron chi connectivity index (χ2n) is 10.4. The van der Waals surface area contributed by atoms with Gasteiger partial charge in [0.2, 0.25) is 16.9 Å². The number of rotatable bonds is 13. The number of nitrogens with zero attached hydrogens (tertiary/aromatic N) is 5. The number of nitrogens with one attached hydrogen (secondary N) is 2. The van der Waals surface area contributed by atoms with Crippen LogP contribution in [0.15, 0.2) is 60.8 Å².